The highest BCUT2D eigenvalue weighted by molar-refractivity contribution is 5.74. The molecule has 0 aliphatic heterocycles. The van der Waals surface area contributed by atoms with Crippen molar-refractivity contribution >= 4 is 6.03 Å². The van der Waals surface area contributed by atoms with E-state index < -0.39 is 6.03 Å². The Kier molecular flexibility index (Phi) is 3.22. The van der Waals surface area contributed by atoms with Gasteiger partial charge in [-0.2, -0.15) is 4.99 Å². The van der Waals surface area contributed by atoms with Crippen LogP contribution >= 0.6 is 0 Å². The molecule has 6 nitrogen and oxygen atoms in total. The first kappa shape index (κ1) is 10.2. The van der Waals surface area contributed by atoms with Gasteiger partial charge >= 0.3 is 6.03 Å². The van der Waals surface area contributed by atoms with Gasteiger partial charge in [-0.1, -0.05) is 4.85 Å². The Morgan fingerprint density at radius 2 is 2.43 bits per heavy atom. The Bertz CT molecular complexity index is 383. The second kappa shape index (κ2) is 4.40. The number of nitrogens with one attached hydrogen (secondary N) is 1. The molecule has 6 heteroatoms. The third-order valence-electron chi connectivity index (χ3n) is 1.34. The van der Waals surface area contributed by atoms with Gasteiger partial charge in [-0.3, -0.25) is 0 Å². The first-order valence-electron chi connectivity index (χ1n) is 4.18. The lowest BCUT2D eigenvalue weighted by Crippen LogP contribution is -2.31. The molecule has 1 aromatic rings. The predicted molar refractivity (Wildman–Crippen MR) is 48.6 cm³/mol. The van der Waals surface area contributed by atoms with Crippen LogP contribution in [0.1, 0.15) is 13.8 Å². The zero-order valence-electron chi connectivity index (χ0n) is 8.01. The molecule has 0 bridgehead atoms. The van der Waals surface area contributed by atoms with E-state index in [1.165, 1.54) is 12.3 Å². The average molecular weight is 196 g/mol. The lowest BCUT2D eigenvalue weighted by atomic mass is 10.4. The molecule has 1 heterocycles. The molecule has 0 aliphatic carbocycles. The average Bonchev–Trinajstić information content (AvgIpc) is 2.07. The second-order valence-corrected chi connectivity index (χ2v) is 2.99. The number of nitrogens with zero attached hydrogens (tertiary/aromatic N) is 3. The highest BCUT2D eigenvalue weighted by atomic mass is 16.5. The van der Waals surface area contributed by atoms with Crippen molar-refractivity contribution in [1.82, 2.24) is 15.3 Å². The summed E-state index contributed by atoms with van der Waals surface area (Å²) in [4.78, 5) is 15.3. The molecule has 0 saturated carbocycles. The molecule has 0 aromatic carbocycles. The van der Waals surface area contributed by atoms with Crippen molar-refractivity contribution in [2.45, 2.75) is 19.9 Å². The Morgan fingerprint density at radius 1 is 1.71 bits per heavy atom. The summed E-state index contributed by atoms with van der Waals surface area (Å²) in [5, 5.41) is 15.2. The number of rotatable bonds is 1. The van der Waals surface area contributed by atoms with E-state index in [0.717, 1.165) is 0 Å². The van der Waals surface area contributed by atoms with E-state index in [-0.39, 0.29) is 11.5 Å². The van der Waals surface area contributed by atoms with Crippen LogP contribution in [0.4, 0.5) is 4.79 Å². The summed E-state index contributed by atoms with van der Waals surface area (Å²) in [5.74, 6) is 0. The highest BCUT2D eigenvalue weighted by Gasteiger charge is 2.00. The second-order valence-electron chi connectivity index (χ2n) is 2.99. The van der Waals surface area contributed by atoms with E-state index in [0.29, 0.717) is 4.85 Å². The molecule has 0 spiro atoms. The normalized spacial score (nSPS) is 11.8. The number of carbonyl (C=O) groups is 1. The van der Waals surface area contributed by atoms with E-state index in [2.05, 4.69) is 15.4 Å². The smallest absolute Gasteiger partial charge is 0.343 e. The van der Waals surface area contributed by atoms with Crippen LogP contribution in [0.2, 0.25) is 0 Å². The van der Waals surface area contributed by atoms with Crippen LogP contribution in [0, 0.1) is 0 Å². The minimum atomic E-state index is -0.504. The summed E-state index contributed by atoms with van der Waals surface area (Å²) in [6.45, 7) is 3.65. The summed E-state index contributed by atoms with van der Waals surface area (Å²) in [6, 6.07) is 2.56. The maximum absolute atomic E-state index is 11.1. The van der Waals surface area contributed by atoms with Gasteiger partial charge in [0, 0.05) is 6.04 Å². The van der Waals surface area contributed by atoms with E-state index in [1.807, 2.05) is 13.8 Å². The summed E-state index contributed by atoms with van der Waals surface area (Å²) in [6.07, 6.45) is 1.39. The molecule has 1 rings (SSSR count). The summed E-state index contributed by atoms with van der Waals surface area (Å²) < 4.78 is 0. The SMILES string of the molecule is CC(C)NC(=O)N=c1cccnn1O. The summed E-state index contributed by atoms with van der Waals surface area (Å²) in [5.41, 5.74) is 0.0886. The number of carbonyl (C=O) groups excluding carboxylic acids is 1. The van der Waals surface area contributed by atoms with Crippen LogP contribution in [-0.2, 0) is 0 Å². The Balaban J connectivity index is 2.88. The zero-order chi connectivity index (χ0) is 10.6. The molecule has 14 heavy (non-hydrogen) atoms. The molecule has 0 saturated heterocycles. The summed E-state index contributed by atoms with van der Waals surface area (Å²) >= 11 is 0. The van der Waals surface area contributed by atoms with Crippen LogP contribution in [0.3, 0.4) is 0 Å². The maximum Gasteiger partial charge on any atom is 0.343 e. The van der Waals surface area contributed by atoms with Crippen molar-refractivity contribution in [2.75, 3.05) is 0 Å². The number of aromatic nitrogens is 2. The molecule has 0 atom stereocenters. The van der Waals surface area contributed by atoms with Gasteiger partial charge in [-0.05, 0) is 26.0 Å². The highest BCUT2D eigenvalue weighted by Crippen LogP contribution is 1.79. The molecule has 0 unspecified atom stereocenters. The van der Waals surface area contributed by atoms with Gasteiger partial charge in [0.25, 0.3) is 0 Å². The van der Waals surface area contributed by atoms with Gasteiger partial charge in [-0.15, -0.1) is 5.10 Å². The van der Waals surface area contributed by atoms with Crippen molar-refractivity contribution in [1.29, 1.82) is 0 Å². The Morgan fingerprint density at radius 3 is 3.00 bits per heavy atom. The lowest BCUT2D eigenvalue weighted by Gasteiger charge is -2.03. The number of hydrogen-bond acceptors (Lipinski definition) is 3. The first-order chi connectivity index (χ1) is 6.59. The third kappa shape index (κ3) is 2.89. The van der Waals surface area contributed by atoms with Gasteiger partial charge in [0.15, 0.2) is 5.49 Å². The molecule has 0 radical (unpaired) electrons. The quantitative estimate of drug-likeness (QED) is 0.627. The molecule has 0 fully saturated rings. The standard InChI is InChI=1S/C8H12N4O2/c1-6(2)10-8(13)11-7-4-3-5-9-12(7)14/h3-6,14H,1-2H3,(H,10,13). The molecule has 1 aromatic heterocycles. The first-order valence-corrected chi connectivity index (χ1v) is 4.18. The largest absolute Gasteiger partial charge is 0.410 e. The topological polar surface area (TPSA) is 79.5 Å². The molecule has 0 aliphatic rings. The lowest BCUT2D eigenvalue weighted by molar-refractivity contribution is 0.131. The van der Waals surface area contributed by atoms with Gasteiger partial charge in [-0.25, -0.2) is 4.79 Å². The van der Waals surface area contributed by atoms with Crippen molar-refractivity contribution in [3.63, 3.8) is 0 Å². The van der Waals surface area contributed by atoms with Gasteiger partial charge in [0.05, 0.1) is 6.20 Å². The minimum Gasteiger partial charge on any atom is -0.410 e. The molecule has 2 N–H and O–H groups in total. The molecular formula is C8H12N4O2. The number of amides is 2. The monoisotopic (exact) mass is 196 g/mol. The van der Waals surface area contributed by atoms with Crippen LogP contribution in [0.5, 0.6) is 0 Å². The van der Waals surface area contributed by atoms with Crippen LogP contribution in [0.25, 0.3) is 0 Å². The van der Waals surface area contributed by atoms with Crippen molar-refractivity contribution in [3.05, 3.63) is 23.8 Å². The van der Waals surface area contributed by atoms with E-state index in [1.54, 1.807) is 6.07 Å². The maximum atomic E-state index is 11.1. The molecule has 76 valence electrons. The Hall–Kier alpha value is -1.85. The Labute approximate surface area is 80.9 Å². The van der Waals surface area contributed by atoms with Crippen molar-refractivity contribution in [3.8, 4) is 0 Å². The third-order valence-corrected chi connectivity index (χ3v) is 1.34. The van der Waals surface area contributed by atoms with E-state index in [9.17, 15) is 4.79 Å². The van der Waals surface area contributed by atoms with Gasteiger partial charge < -0.3 is 10.5 Å². The van der Waals surface area contributed by atoms with Gasteiger partial charge in [0.2, 0.25) is 0 Å². The molecule has 2 amide bonds. The fourth-order valence-corrected chi connectivity index (χ4v) is 0.822. The van der Waals surface area contributed by atoms with Crippen LogP contribution in [0.15, 0.2) is 23.3 Å². The fraction of sp³-hybridized carbons (Fsp3) is 0.375. The zero-order valence-corrected chi connectivity index (χ0v) is 8.01. The minimum absolute atomic E-state index is 0.00932. The fourth-order valence-electron chi connectivity index (χ4n) is 0.822. The molecular weight excluding hydrogens is 184 g/mol. The predicted octanol–water partition coefficient (Wildman–Crippen LogP) is 0.139. The van der Waals surface area contributed by atoms with Crippen LogP contribution in [-0.4, -0.2) is 27.2 Å². The number of hydrogen-bond donors (Lipinski definition) is 2. The van der Waals surface area contributed by atoms with Crippen LogP contribution < -0.4 is 10.8 Å². The van der Waals surface area contributed by atoms with E-state index >= 15 is 0 Å². The van der Waals surface area contributed by atoms with Crippen molar-refractivity contribution in [2.24, 2.45) is 4.99 Å². The number of urea groups is 1. The van der Waals surface area contributed by atoms with Gasteiger partial charge in [0.1, 0.15) is 0 Å². The van der Waals surface area contributed by atoms with E-state index in [4.69, 9.17) is 5.21 Å². The van der Waals surface area contributed by atoms with Crippen molar-refractivity contribution < 1.29 is 10.0 Å². The summed E-state index contributed by atoms with van der Waals surface area (Å²) in [7, 11) is 0.